The Morgan fingerprint density at radius 3 is 2.38 bits per heavy atom. The Hall–Kier alpha value is -3.15. The first-order valence-corrected chi connectivity index (χ1v) is 8.32. The molecular formula is C20H20N2O4. The third-order valence-electron chi connectivity index (χ3n) is 4.69. The summed E-state index contributed by atoms with van der Waals surface area (Å²) in [5.41, 5.74) is 4.04. The number of carboxylic acids is 1. The second-order valence-electron chi connectivity index (χ2n) is 6.57. The van der Waals surface area contributed by atoms with Gasteiger partial charge in [-0.2, -0.15) is 0 Å². The van der Waals surface area contributed by atoms with Crippen molar-refractivity contribution in [3.8, 4) is 0 Å². The van der Waals surface area contributed by atoms with Crippen molar-refractivity contribution in [3.63, 3.8) is 0 Å². The Morgan fingerprint density at radius 2 is 1.73 bits per heavy atom. The molecule has 0 aromatic heterocycles. The Labute approximate surface area is 151 Å². The fourth-order valence-electron chi connectivity index (χ4n) is 3.01. The van der Waals surface area contributed by atoms with Gasteiger partial charge in [0.2, 0.25) is 5.91 Å². The number of nitrogens with one attached hydrogen (secondary N) is 1. The largest absolute Gasteiger partial charge is 0.478 e. The second kappa shape index (κ2) is 6.63. The van der Waals surface area contributed by atoms with Crippen molar-refractivity contribution in [2.75, 3.05) is 10.2 Å². The highest BCUT2D eigenvalue weighted by Crippen LogP contribution is 2.29. The smallest absolute Gasteiger partial charge is 0.335 e. The number of rotatable bonds is 4. The summed E-state index contributed by atoms with van der Waals surface area (Å²) in [6.07, 6.45) is 0.0303. The van der Waals surface area contributed by atoms with Crippen molar-refractivity contribution in [1.29, 1.82) is 0 Å². The molecule has 134 valence electrons. The number of anilines is 2. The predicted molar refractivity (Wildman–Crippen MR) is 98.6 cm³/mol. The molecule has 1 heterocycles. The van der Waals surface area contributed by atoms with Crippen LogP contribution in [0.5, 0.6) is 0 Å². The van der Waals surface area contributed by atoms with Crippen molar-refractivity contribution >= 4 is 29.2 Å². The minimum Gasteiger partial charge on any atom is -0.478 e. The van der Waals surface area contributed by atoms with E-state index in [-0.39, 0.29) is 23.8 Å². The van der Waals surface area contributed by atoms with Gasteiger partial charge in [0.25, 0.3) is 5.91 Å². The minimum absolute atomic E-state index is 0.0303. The summed E-state index contributed by atoms with van der Waals surface area (Å²) in [6.45, 7) is 5.73. The molecule has 1 aliphatic heterocycles. The highest BCUT2D eigenvalue weighted by atomic mass is 16.4. The lowest BCUT2D eigenvalue weighted by Crippen LogP contribution is -2.35. The average molecular weight is 352 g/mol. The van der Waals surface area contributed by atoms with E-state index in [4.69, 9.17) is 5.11 Å². The van der Waals surface area contributed by atoms with E-state index in [0.29, 0.717) is 11.3 Å². The number of hydrogen-bond donors (Lipinski definition) is 2. The molecule has 0 radical (unpaired) electrons. The number of aromatic carboxylic acids is 1. The van der Waals surface area contributed by atoms with Crippen molar-refractivity contribution < 1.29 is 19.5 Å². The highest BCUT2D eigenvalue weighted by Gasteiger charge is 2.40. The van der Waals surface area contributed by atoms with Crippen LogP contribution >= 0.6 is 0 Å². The Morgan fingerprint density at radius 1 is 1.04 bits per heavy atom. The molecule has 1 fully saturated rings. The van der Waals surface area contributed by atoms with Crippen molar-refractivity contribution in [2.24, 2.45) is 0 Å². The molecule has 0 aliphatic carbocycles. The lowest BCUT2D eigenvalue weighted by Gasteiger charge is -2.19. The zero-order valence-corrected chi connectivity index (χ0v) is 14.9. The normalized spacial score (nSPS) is 16.9. The number of carbonyl (C=O) groups is 3. The molecule has 6 nitrogen and oxygen atoms in total. The molecule has 0 unspecified atom stereocenters. The molecule has 3 rings (SSSR count). The summed E-state index contributed by atoms with van der Waals surface area (Å²) >= 11 is 0. The number of amides is 2. The first-order valence-electron chi connectivity index (χ1n) is 8.32. The monoisotopic (exact) mass is 352 g/mol. The molecule has 2 N–H and O–H groups in total. The van der Waals surface area contributed by atoms with Crippen LogP contribution in [0.1, 0.15) is 33.5 Å². The summed E-state index contributed by atoms with van der Waals surface area (Å²) in [7, 11) is 0. The third-order valence-corrected chi connectivity index (χ3v) is 4.69. The molecule has 0 spiro atoms. The van der Waals surface area contributed by atoms with Crippen molar-refractivity contribution in [1.82, 2.24) is 0 Å². The summed E-state index contributed by atoms with van der Waals surface area (Å²) in [6, 6.07) is 9.52. The van der Waals surface area contributed by atoms with Crippen molar-refractivity contribution in [3.05, 3.63) is 58.7 Å². The number of nitrogens with zero attached hydrogens (tertiary/aromatic N) is 1. The third kappa shape index (κ3) is 3.18. The molecule has 0 bridgehead atoms. The van der Waals surface area contributed by atoms with E-state index in [1.807, 2.05) is 32.0 Å². The minimum atomic E-state index is -1.10. The first kappa shape index (κ1) is 17.7. The van der Waals surface area contributed by atoms with Crippen LogP contribution in [0.3, 0.4) is 0 Å². The van der Waals surface area contributed by atoms with Crippen LogP contribution in [-0.2, 0) is 9.59 Å². The number of hydrogen-bond acceptors (Lipinski definition) is 4. The molecule has 2 aromatic rings. The standard InChI is InChI=1S/C20H20N2O4/c1-11-5-7-15(8-13(11)3)21-16-10-18(23)22(19(16)24)17-9-14(20(25)26)6-4-12(17)2/h4-9,16,21H,10H2,1-3H3,(H,25,26)/t16-/m1/s1. The summed E-state index contributed by atoms with van der Waals surface area (Å²) in [5, 5.41) is 12.3. The van der Waals surface area contributed by atoms with Gasteiger partial charge >= 0.3 is 5.97 Å². The molecule has 2 aromatic carbocycles. The van der Waals surface area contributed by atoms with E-state index >= 15 is 0 Å². The lowest BCUT2D eigenvalue weighted by atomic mass is 10.1. The van der Waals surface area contributed by atoms with E-state index in [2.05, 4.69) is 5.32 Å². The number of imide groups is 1. The maximum Gasteiger partial charge on any atom is 0.335 e. The van der Waals surface area contributed by atoms with Crippen LogP contribution in [0.25, 0.3) is 0 Å². The van der Waals surface area contributed by atoms with E-state index in [1.165, 1.54) is 12.1 Å². The lowest BCUT2D eigenvalue weighted by molar-refractivity contribution is -0.121. The summed E-state index contributed by atoms with van der Waals surface area (Å²) in [4.78, 5) is 37.5. The molecule has 2 amide bonds. The van der Waals surface area contributed by atoms with Gasteiger partial charge in [-0.3, -0.25) is 9.59 Å². The number of carboxylic acid groups (broad SMARTS) is 1. The number of aryl methyl sites for hydroxylation is 3. The van der Waals surface area contributed by atoms with Crippen LogP contribution in [0.4, 0.5) is 11.4 Å². The number of benzene rings is 2. The zero-order chi connectivity index (χ0) is 19.0. The molecule has 26 heavy (non-hydrogen) atoms. The molecular weight excluding hydrogens is 332 g/mol. The molecule has 1 atom stereocenters. The van der Waals surface area contributed by atoms with Crippen LogP contribution in [0, 0.1) is 20.8 Å². The van der Waals surface area contributed by atoms with Gasteiger partial charge < -0.3 is 10.4 Å². The van der Waals surface area contributed by atoms with E-state index in [0.717, 1.165) is 21.7 Å². The van der Waals surface area contributed by atoms with Gasteiger partial charge in [-0.05, 0) is 61.7 Å². The van der Waals surface area contributed by atoms with Gasteiger partial charge in [-0.25, -0.2) is 9.69 Å². The SMILES string of the molecule is Cc1ccc(N[C@@H]2CC(=O)N(c3cc(C(=O)O)ccc3C)C2=O)cc1C. The first-order chi connectivity index (χ1) is 12.3. The summed E-state index contributed by atoms with van der Waals surface area (Å²) < 4.78 is 0. The molecule has 0 saturated carbocycles. The number of carbonyl (C=O) groups excluding carboxylic acids is 2. The second-order valence-corrected chi connectivity index (χ2v) is 6.57. The molecule has 1 saturated heterocycles. The Bertz CT molecular complexity index is 920. The molecule has 1 aliphatic rings. The van der Waals surface area contributed by atoms with Crippen LogP contribution < -0.4 is 10.2 Å². The van der Waals surface area contributed by atoms with Gasteiger partial charge in [0, 0.05) is 5.69 Å². The van der Waals surface area contributed by atoms with Crippen LogP contribution in [0.15, 0.2) is 36.4 Å². The Kier molecular flexibility index (Phi) is 4.50. The van der Waals surface area contributed by atoms with E-state index in [1.54, 1.807) is 13.0 Å². The van der Waals surface area contributed by atoms with Crippen LogP contribution in [-0.4, -0.2) is 28.9 Å². The van der Waals surface area contributed by atoms with E-state index in [9.17, 15) is 14.4 Å². The van der Waals surface area contributed by atoms with E-state index < -0.39 is 12.0 Å². The fourth-order valence-corrected chi connectivity index (χ4v) is 3.01. The van der Waals surface area contributed by atoms with Gasteiger partial charge in [-0.15, -0.1) is 0 Å². The maximum absolute atomic E-state index is 12.8. The topological polar surface area (TPSA) is 86.7 Å². The fraction of sp³-hybridized carbons (Fsp3) is 0.250. The van der Waals surface area contributed by atoms with Crippen LogP contribution in [0.2, 0.25) is 0 Å². The summed E-state index contributed by atoms with van der Waals surface area (Å²) in [5.74, 6) is -1.82. The predicted octanol–water partition coefficient (Wildman–Crippen LogP) is 3.05. The van der Waals surface area contributed by atoms with Gasteiger partial charge in [0.05, 0.1) is 17.7 Å². The maximum atomic E-state index is 12.8. The Balaban J connectivity index is 1.88. The van der Waals surface area contributed by atoms with Crippen molar-refractivity contribution in [2.45, 2.75) is 33.2 Å². The quantitative estimate of drug-likeness (QED) is 0.826. The van der Waals surface area contributed by atoms with Gasteiger partial charge in [0.1, 0.15) is 6.04 Å². The highest BCUT2D eigenvalue weighted by molar-refractivity contribution is 6.23. The average Bonchev–Trinajstić information content (AvgIpc) is 2.85. The van der Waals surface area contributed by atoms with Gasteiger partial charge in [0.15, 0.2) is 0 Å². The molecule has 6 heteroatoms. The van der Waals surface area contributed by atoms with Gasteiger partial charge in [-0.1, -0.05) is 12.1 Å². The zero-order valence-electron chi connectivity index (χ0n) is 14.9.